The van der Waals surface area contributed by atoms with Gasteiger partial charge in [-0.3, -0.25) is 13.8 Å². The molecule has 9 nitrogen and oxygen atoms in total. The second-order valence-corrected chi connectivity index (χ2v) is 11.1. The fourth-order valence-electron chi connectivity index (χ4n) is 4.04. The Hall–Kier alpha value is -3.57. The maximum Gasteiger partial charge on any atom is 0.217 e. The summed E-state index contributed by atoms with van der Waals surface area (Å²) in [4.78, 5) is 27.0. The van der Waals surface area contributed by atoms with Gasteiger partial charge in [0.2, 0.25) is 10.4 Å². The predicted octanol–water partition coefficient (Wildman–Crippen LogP) is 4.12. The Morgan fingerprint density at radius 1 is 0.842 bits per heavy atom. The molecule has 0 amide bonds. The van der Waals surface area contributed by atoms with E-state index in [1.165, 1.54) is 0 Å². The summed E-state index contributed by atoms with van der Waals surface area (Å²) in [5.41, 5.74) is 5.21. The van der Waals surface area contributed by atoms with Crippen molar-refractivity contribution < 1.29 is 31.2 Å². The van der Waals surface area contributed by atoms with E-state index < -0.39 is 10.4 Å². The van der Waals surface area contributed by atoms with Gasteiger partial charge >= 0.3 is 0 Å². The fraction of sp³-hybridized carbons (Fsp3) is 0.286. The third kappa shape index (κ3) is 7.48. The maximum absolute atomic E-state index is 13.5. The van der Waals surface area contributed by atoms with Gasteiger partial charge in [0, 0.05) is 35.5 Å². The second kappa shape index (κ2) is 11.9. The van der Waals surface area contributed by atoms with Crippen LogP contribution >= 0.6 is 0 Å². The highest BCUT2D eigenvalue weighted by molar-refractivity contribution is 7.80. The number of carbonyl (C=O) groups is 2. The molecule has 0 fully saturated rings. The Morgan fingerprint density at radius 3 is 1.84 bits per heavy atom. The normalized spacial score (nSPS) is 12.7. The van der Waals surface area contributed by atoms with Gasteiger partial charge in [0.1, 0.15) is 0 Å². The van der Waals surface area contributed by atoms with Crippen molar-refractivity contribution in [1.29, 1.82) is 0 Å². The average molecular weight is 540 g/mol. The van der Waals surface area contributed by atoms with Crippen molar-refractivity contribution in [2.24, 2.45) is 0 Å². The van der Waals surface area contributed by atoms with E-state index in [0.717, 1.165) is 42.4 Å². The standard InChI is InChI=1S/C27H29N3O2.CH4O4S/c1-18-10-12-19(13-11-18)29-23-15-14-22(28-16-7-17-30(2,3)4)24-25(23)27(32)21-9-6-5-8-20(21)26(24)31;1-5-6(2,3)4/h5-6,8-15H,7,16-17H2,1-4H3,(H-,28,29,31,32);1H3,(H,2,3,4). The van der Waals surface area contributed by atoms with Crippen LogP contribution in [0, 0.1) is 6.92 Å². The average Bonchev–Trinajstić information content (AvgIpc) is 2.86. The van der Waals surface area contributed by atoms with E-state index in [9.17, 15) is 22.6 Å². The van der Waals surface area contributed by atoms with E-state index in [-0.39, 0.29) is 11.6 Å². The number of anilines is 3. The summed E-state index contributed by atoms with van der Waals surface area (Å²) in [6.45, 7) is 3.78. The molecule has 3 aromatic carbocycles. The molecule has 0 aliphatic heterocycles. The molecule has 3 aromatic rings. The molecule has 0 unspecified atom stereocenters. The highest BCUT2D eigenvalue weighted by Gasteiger charge is 2.33. The molecular formula is C28H33N3O6S. The number of aryl methyl sites for hydroxylation is 1. The Bertz CT molecular complexity index is 1430. The Kier molecular flexibility index (Phi) is 9.05. The van der Waals surface area contributed by atoms with Crippen LogP contribution in [0.4, 0.5) is 17.1 Å². The number of nitrogens with one attached hydrogen (secondary N) is 2. The molecule has 38 heavy (non-hydrogen) atoms. The molecule has 0 saturated heterocycles. The number of fused-ring (bicyclic) bond motifs is 2. The van der Waals surface area contributed by atoms with Gasteiger partial charge in [-0.15, -0.1) is 0 Å². The topological polar surface area (TPSA) is 125 Å². The molecule has 202 valence electrons. The van der Waals surface area contributed by atoms with Crippen molar-refractivity contribution in [3.05, 3.63) is 88.5 Å². The number of nitrogens with zero attached hydrogens (tertiary/aromatic N) is 1. The first-order valence-electron chi connectivity index (χ1n) is 12.1. The molecule has 0 radical (unpaired) electrons. The smallest absolute Gasteiger partial charge is 0.217 e. The van der Waals surface area contributed by atoms with Crippen molar-refractivity contribution in [2.75, 3.05) is 52.0 Å². The number of benzene rings is 3. The van der Waals surface area contributed by atoms with Crippen molar-refractivity contribution in [3.8, 4) is 0 Å². The molecule has 0 saturated carbocycles. The highest BCUT2D eigenvalue weighted by Crippen LogP contribution is 2.37. The summed E-state index contributed by atoms with van der Waals surface area (Å²) in [6, 6.07) is 18.8. The van der Waals surface area contributed by atoms with Crippen LogP contribution in [0.1, 0.15) is 43.8 Å². The summed E-state index contributed by atoms with van der Waals surface area (Å²) in [7, 11) is 2.87. The van der Waals surface area contributed by atoms with Crippen molar-refractivity contribution in [3.63, 3.8) is 0 Å². The Morgan fingerprint density at radius 2 is 1.34 bits per heavy atom. The summed E-state index contributed by atoms with van der Waals surface area (Å²) in [6.07, 6.45) is 0.959. The van der Waals surface area contributed by atoms with E-state index >= 15 is 0 Å². The molecular weight excluding hydrogens is 506 g/mol. The maximum atomic E-state index is 13.5. The number of hydrogen-bond acceptors (Lipinski definition) is 8. The van der Waals surface area contributed by atoms with E-state index in [2.05, 4.69) is 36.0 Å². The van der Waals surface area contributed by atoms with Gasteiger partial charge in [0.15, 0.2) is 11.6 Å². The Balaban J connectivity index is 0.000000599. The summed E-state index contributed by atoms with van der Waals surface area (Å²) >= 11 is 0. The Labute approximate surface area is 224 Å². The molecule has 0 heterocycles. The van der Waals surface area contributed by atoms with Crippen LogP contribution in [-0.4, -0.2) is 70.4 Å². The van der Waals surface area contributed by atoms with Gasteiger partial charge < -0.3 is 19.7 Å². The van der Waals surface area contributed by atoms with E-state index in [4.69, 9.17) is 0 Å². The largest absolute Gasteiger partial charge is 0.726 e. The molecule has 0 atom stereocenters. The lowest BCUT2D eigenvalue weighted by Gasteiger charge is -2.25. The number of carbonyl (C=O) groups excluding carboxylic acids is 2. The SMILES string of the molecule is COS(=O)(=O)[O-].Cc1ccc(Nc2ccc(NCCC[N+](C)(C)C)c3c2C(=O)c2ccccc2C3=O)cc1. The van der Waals surface area contributed by atoms with Gasteiger partial charge in [-0.05, 0) is 31.2 Å². The van der Waals surface area contributed by atoms with Gasteiger partial charge in [-0.2, -0.15) is 0 Å². The van der Waals surface area contributed by atoms with Gasteiger partial charge in [0.25, 0.3) is 0 Å². The van der Waals surface area contributed by atoms with E-state index in [1.54, 1.807) is 24.3 Å². The molecule has 0 aromatic heterocycles. The van der Waals surface area contributed by atoms with Crippen LogP contribution in [0.3, 0.4) is 0 Å². The minimum atomic E-state index is -4.41. The molecule has 4 rings (SSSR count). The number of quaternary nitrogens is 1. The third-order valence-corrected chi connectivity index (χ3v) is 6.34. The van der Waals surface area contributed by atoms with Crippen LogP contribution in [0.25, 0.3) is 0 Å². The van der Waals surface area contributed by atoms with Crippen molar-refractivity contribution >= 4 is 39.0 Å². The van der Waals surface area contributed by atoms with Crippen LogP contribution in [0.2, 0.25) is 0 Å². The minimum absolute atomic E-state index is 0.114. The molecule has 1 aliphatic carbocycles. The van der Waals surface area contributed by atoms with E-state index in [1.807, 2.05) is 43.3 Å². The number of rotatable bonds is 8. The number of ketones is 2. The van der Waals surface area contributed by atoms with Crippen LogP contribution in [0.5, 0.6) is 0 Å². The first-order valence-corrected chi connectivity index (χ1v) is 13.4. The van der Waals surface area contributed by atoms with Crippen molar-refractivity contribution in [1.82, 2.24) is 0 Å². The van der Waals surface area contributed by atoms with Gasteiger partial charge in [-0.25, -0.2) is 8.42 Å². The first-order chi connectivity index (χ1) is 17.8. The van der Waals surface area contributed by atoms with E-state index in [0.29, 0.717) is 33.6 Å². The monoisotopic (exact) mass is 539 g/mol. The van der Waals surface area contributed by atoms with Gasteiger partial charge in [-0.1, -0.05) is 42.0 Å². The van der Waals surface area contributed by atoms with Crippen LogP contribution in [-0.2, 0) is 14.6 Å². The summed E-state index contributed by atoms with van der Waals surface area (Å²) in [5, 5.41) is 6.77. The minimum Gasteiger partial charge on any atom is -0.726 e. The summed E-state index contributed by atoms with van der Waals surface area (Å²) in [5.74, 6) is -0.239. The quantitative estimate of drug-likeness (QED) is 0.148. The fourth-order valence-corrected chi connectivity index (χ4v) is 4.04. The zero-order valence-electron chi connectivity index (χ0n) is 22.2. The lowest BCUT2D eigenvalue weighted by molar-refractivity contribution is -0.870. The zero-order valence-corrected chi connectivity index (χ0v) is 23.0. The predicted molar refractivity (Wildman–Crippen MR) is 147 cm³/mol. The number of hydrogen-bond donors (Lipinski definition) is 2. The van der Waals surface area contributed by atoms with Crippen molar-refractivity contribution in [2.45, 2.75) is 13.3 Å². The van der Waals surface area contributed by atoms with Crippen LogP contribution in [0.15, 0.2) is 60.7 Å². The third-order valence-electron chi connectivity index (χ3n) is 5.93. The van der Waals surface area contributed by atoms with Crippen LogP contribution < -0.4 is 10.6 Å². The first kappa shape index (κ1) is 29.0. The van der Waals surface area contributed by atoms with Gasteiger partial charge in [0.05, 0.1) is 51.6 Å². The molecule has 0 spiro atoms. The second-order valence-electron chi connectivity index (χ2n) is 9.97. The molecule has 10 heteroatoms. The molecule has 0 bridgehead atoms. The zero-order chi connectivity index (χ0) is 28.1. The lowest BCUT2D eigenvalue weighted by Crippen LogP contribution is -2.36. The lowest BCUT2D eigenvalue weighted by atomic mass is 9.82. The summed E-state index contributed by atoms with van der Waals surface area (Å²) < 4.78 is 31.9. The highest BCUT2D eigenvalue weighted by atomic mass is 32.3. The molecule has 1 aliphatic rings. The molecule has 2 N–H and O–H groups in total.